The molecule has 0 aliphatic carbocycles. The second kappa shape index (κ2) is 15.2. The van der Waals surface area contributed by atoms with E-state index in [0.717, 1.165) is 111 Å². The smallest absolute Gasteiger partial charge is 0.159 e. The summed E-state index contributed by atoms with van der Waals surface area (Å²) in [5, 5.41) is 11.4. The van der Waals surface area contributed by atoms with Crippen LogP contribution in [0.3, 0.4) is 0 Å². The van der Waals surface area contributed by atoms with Gasteiger partial charge in [0, 0.05) is 43.4 Å². The second-order valence-electron chi connectivity index (χ2n) is 17.5. The number of fused-ring (bicyclic) bond motifs is 6. The average molecular weight is 869 g/mol. The molecule has 0 spiro atoms. The Morgan fingerprint density at radius 3 is 1.07 bits per heavy atom. The first kappa shape index (κ1) is 38.2. The zero-order valence-corrected chi connectivity index (χ0v) is 36.8. The summed E-state index contributed by atoms with van der Waals surface area (Å²) in [6.07, 6.45) is 0. The lowest BCUT2D eigenvalue weighted by molar-refractivity contribution is 0.669. The van der Waals surface area contributed by atoms with Gasteiger partial charge in [0.05, 0.1) is 34.1 Å². The third-order valence-electron chi connectivity index (χ3n) is 13.8. The molecule has 0 aliphatic rings. The molecule has 0 aliphatic heterocycles. The molecule has 2 heterocycles. The van der Waals surface area contributed by atoms with Crippen LogP contribution in [0.15, 0.2) is 251 Å². The maximum atomic E-state index is 6.84. The highest BCUT2D eigenvalue weighted by molar-refractivity contribution is 6.29. The van der Waals surface area contributed by atoms with Crippen molar-refractivity contribution in [1.29, 1.82) is 0 Å². The Balaban J connectivity index is 1.06. The largest absolute Gasteiger partial charge is 0.454 e. The van der Waals surface area contributed by atoms with Crippen LogP contribution in [0.5, 0.6) is 0 Å². The summed E-state index contributed by atoms with van der Waals surface area (Å²) in [4.78, 5) is 4.84. The summed E-state index contributed by atoms with van der Waals surface area (Å²) in [5.41, 5.74) is 14.1. The monoisotopic (exact) mass is 868 g/mol. The molecule has 12 aromatic carbocycles. The van der Waals surface area contributed by atoms with Crippen molar-refractivity contribution >= 4 is 110 Å². The van der Waals surface area contributed by atoms with E-state index in [9.17, 15) is 0 Å². The Kier molecular flexibility index (Phi) is 8.55. The van der Waals surface area contributed by atoms with Crippen LogP contribution < -0.4 is 9.80 Å². The van der Waals surface area contributed by atoms with Gasteiger partial charge in [-0.2, -0.15) is 0 Å². The van der Waals surface area contributed by atoms with Gasteiger partial charge in [0.2, 0.25) is 0 Å². The minimum atomic E-state index is 0.844. The molecule has 68 heavy (non-hydrogen) atoms. The molecule has 0 amide bonds. The molecule has 14 aromatic rings. The van der Waals surface area contributed by atoms with Gasteiger partial charge in [-0.3, -0.25) is 0 Å². The van der Waals surface area contributed by atoms with E-state index in [4.69, 9.17) is 8.83 Å². The third kappa shape index (κ3) is 5.81. The first-order valence-corrected chi connectivity index (χ1v) is 23.2. The number of nitrogens with zero attached hydrogens (tertiary/aromatic N) is 2. The lowest BCUT2D eigenvalue weighted by Gasteiger charge is -2.31. The molecule has 14 rings (SSSR count). The van der Waals surface area contributed by atoms with Crippen molar-refractivity contribution in [2.75, 3.05) is 9.80 Å². The summed E-state index contributed by atoms with van der Waals surface area (Å²) in [6, 6.07) is 86.9. The van der Waals surface area contributed by atoms with Crippen LogP contribution >= 0.6 is 0 Å². The van der Waals surface area contributed by atoms with Crippen molar-refractivity contribution in [1.82, 2.24) is 0 Å². The standard InChI is InChI=1S/C64H40N2O2/c1-3-17-41(18-4-1)45-21-7-11-27-53(45)65(57-29-15-25-49-47-23-9-13-31-59(47)67-63(49)57)55-39-35-43-33-34-44-36-40-56(52-38-37-51(55)61(43)62(44)52)66(54-28-12-8-22-46(54)42-19-5-2-6-20-42)58-30-16-26-50-48-24-10-14-32-60(48)68-64(50)58/h1-40H. The van der Waals surface area contributed by atoms with E-state index >= 15 is 0 Å². The first-order valence-electron chi connectivity index (χ1n) is 23.2. The van der Waals surface area contributed by atoms with Gasteiger partial charge in [-0.15, -0.1) is 0 Å². The lowest BCUT2D eigenvalue weighted by atomic mass is 9.91. The molecule has 0 saturated heterocycles. The maximum Gasteiger partial charge on any atom is 0.159 e. The van der Waals surface area contributed by atoms with Gasteiger partial charge < -0.3 is 18.6 Å². The second-order valence-corrected chi connectivity index (χ2v) is 17.5. The summed E-state index contributed by atoms with van der Waals surface area (Å²) in [5.74, 6) is 0. The number of para-hydroxylation sites is 6. The van der Waals surface area contributed by atoms with Crippen molar-refractivity contribution in [2.45, 2.75) is 0 Å². The van der Waals surface area contributed by atoms with Crippen LogP contribution in [0.25, 0.3) is 98.4 Å². The van der Waals surface area contributed by atoms with Crippen LogP contribution in [-0.2, 0) is 0 Å². The maximum absolute atomic E-state index is 6.84. The summed E-state index contributed by atoms with van der Waals surface area (Å²) < 4.78 is 13.7. The van der Waals surface area contributed by atoms with Gasteiger partial charge in [-0.25, -0.2) is 0 Å². The Morgan fingerprint density at radius 2 is 0.603 bits per heavy atom. The van der Waals surface area contributed by atoms with Gasteiger partial charge >= 0.3 is 0 Å². The van der Waals surface area contributed by atoms with E-state index in [1.54, 1.807) is 0 Å². The molecule has 0 bridgehead atoms. The van der Waals surface area contributed by atoms with Gasteiger partial charge in [0.25, 0.3) is 0 Å². The zero-order valence-electron chi connectivity index (χ0n) is 36.8. The van der Waals surface area contributed by atoms with Crippen LogP contribution in [-0.4, -0.2) is 0 Å². The number of hydrogen-bond donors (Lipinski definition) is 0. The van der Waals surface area contributed by atoms with Gasteiger partial charge in [-0.1, -0.05) is 194 Å². The quantitative estimate of drug-likeness (QED) is 0.142. The van der Waals surface area contributed by atoms with Crippen molar-refractivity contribution in [3.05, 3.63) is 243 Å². The molecule has 0 unspecified atom stereocenters. The molecule has 0 saturated carbocycles. The van der Waals surface area contributed by atoms with E-state index in [-0.39, 0.29) is 0 Å². The molecular weight excluding hydrogens is 829 g/mol. The highest BCUT2D eigenvalue weighted by atomic mass is 16.3. The minimum absolute atomic E-state index is 0.844. The molecule has 0 radical (unpaired) electrons. The molecule has 318 valence electrons. The van der Waals surface area contributed by atoms with Crippen molar-refractivity contribution in [2.24, 2.45) is 0 Å². The number of benzene rings is 12. The average Bonchev–Trinajstić information content (AvgIpc) is 3.99. The van der Waals surface area contributed by atoms with E-state index in [2.05, 4.69) is 240 Å². The summed E-state index contributed by atoms with van der Waals surface area (Å²) >= 11 is 0. The van der Waals surface area contributed by atoms with E-state index in [1.165, 1.54) is 21.5 Å². The summed E-state index contributed by atoms with van der Waals surface area (Å²) in [7, 11) is 0. The molecule has 4 nitrogen and oxygen atoms in total. The Labute approximate surface area is 392 Å². The predicted molar refractivity (Wildman–Crippen MR) is 285 cm³/mol. The van der Waals surface area contributed by atoms with Crippen LogP contribution in [0.1, 0.15) is 0 Å². The normalized spacial score (nSPS) is 11.8. The Hall–Kier alpha value is -9.12. The van der Waals surface area contributed by atoms with E-state index in [1.807, 2.05) is 12.1 Å². The van der Waals surface area contributed by atoms with Crippen molar-refractivity contribution in [3.8, 4) is 22.3 Å². The molecule has 0 N–H and O–H groups in total. The van der Waals surface area contributed by atoms with E-state index < -0.39 is 0 Å². The number of rotatable bonds is 8. The number of hydrogen-bond acceptors (Lipinski definition) is 4. The highest BCUT2D eigenvalue weighted by Crippen LogP contribution is 2.52. The third-order valence-corrected chi connectivity index (χ3v) is 13.8. The van der Waals surface area contributed by atoms with Crippen LogP contribution in [0, 0.1) is 0 Å². The summed E-state index contributed by atoms with van der Waals surface area (Å²) in [6.45, 7) is 0. The Bertz CT molecular complexity index is 3950. The molecule has 4 heteroatoms. The molecule has 0 atom stereocenters. The highest BCUT2D eigenvalue weighted by Gasteiger charge is 2.27. The van der Waals surface area contributed by atoms with Crippen molar-refractivity contribution < 1.29 is 8.83 Å². The van der Waals surface area contributed by atoms with E-state index in [0.29, 0.717) is 0 Å². The van der Waals surface area contributed by atoms with Crippen molar-refractivity contribution in [3.63, 3.8) is 0 Å². The SMILES string of the molecule is c1ccc(-c2ccccc2N(c2ccc3ccc4ccc(N(c5ccccc5-c5ccccc5)c5cccc6c5oc5ccccc56)c5ccc2c3c45)c2cccc3c2oc2ccccc23)cc1. The van der Waals surface area contributed by atoms with Crippen LogP contribution in [0.2, 0.25) is 0 Å². The molecule has 2 aromatic heterocycles. The fourth-order valence-corrected chi connectivity index (χ4v) is 10.8. The number of furan rings is 2. The fraction of sp³-hybridized carbons (Fsp3) is 0. The van der Waals surface area contributed by atoms with Crippen LogP contribution in [0.4, 0.5) is 34.1 Å². The molecular formula is C64H40N2O2. The lowest BCUT2D eigenvalue weighted by Crippen LogP contribution is -2.13. The Morgan fingerprint density at radius 1 is 0.235 bits per heavy atom. The van der Waals surface area contributed by atoms with Gasteiger partial charge in [-0.05, 0) is 81.2 Å². The first-order chi connectivity index (χ1) is 33.8. The van der Waals surface area contributed by atoms with Gasteiger partial charge in [0.1, 0.15) is 11.2 Å². The van der Waals surface area contributed by atoms with Gasteiger partial charge in [0.15, 0.2) is 11.2 Å². The zero-order chi connectivity index (χ0) is 44.7. The minimum Gasteiger partial charge on any atom is -0.454 e. The fourth-order valence-electron chi connectivity index (χ4n) is 10.8. The predicted octanol–water partition coefficient (Wildman–Crippen LogP) is 18.7. The molecule has 0 fully saturated rings. The number of anilines is 6. The topological polar surface area (TPSA) is 32.8 Å².